The summed E-state index contributed by atoms with van der Waals surface area (Å²) in [6.45, 7) is 3.62. The molecule has 2 N–H and O–H groups in total. The monoisotopic (exact) mass is 352 g/mol. The average Bonchev–Trinajstić information content (AvgIpc) is 3.07. The first-order valence-corrected chi connectivity index (χ1v) is 9.35. The molecule has 0 aromatic heterocycles. The van der Waals surface area contributed by atoms with Crippen LogP contribution in [0.5, 0.6) is 0 Å². The molecule has 0 saturated carbocycles. The van der Waals surface area contributed by atoms with Gasteiger partial charge in [-0.1, -0.05) is 29.4 Å². The van der Waals surface area contributed by atoms with Gasteiger partial charge < -0.3 is 15.5 Å². The zero-order valence-electron chi connectivity index (χ0n) is 13.0. The molecule has 7 heteroatoms. The second-order valence-corrected chi connectivity index (χ2v) is 7.01. The van der Waals surface area contributed by atoms with E-state index in [2.05, 4.69) is 20.5 Å². The van der Waals surface area contributed by atoms with E-state index in [0.717, 1.165) is 42.7 Å². The Labute approximate surface area is 145 Å². The molecule has 0 radical (unpaired) electrons. The highest BCUT2D eigenvalue weighted by Crippen LogP contribution is 2.35. The summed E-state index contributed by atoms with van der Waals surface area (Å²) in [6, 6.07) is 5.68. The number of carbonyl (C=O) groups is 1. The van der Waals surface area contributed by atoms with E-state index in [-0.39, 0.29) is 5.91 Å². The number of para-hydroxylation sites is 1. The zero-order valence-corrected chi connectivity index (χ0v) is 14.6. The molecule has 2 heterocycles. The number of amidine groups is 1. The minimum atomic E-state index is -0.0353. The number of amides is 1. The van der Waals surface area contributed by atoms with Crippen molar-refractivity contribution in [2.75, 3.05) is 42.1 Å². The summed E-state index contributed by atoms with van der Waals surface area (Å²) < 4.78 is 0. The van der Waals surface area contributed by atoms with E-state index in [4.69, 9.17) is 11.6 Å². The van der Waals surface area contributed by atoms with E-state index in [1.807, 2.05) is 18.2 Å². The maximum absolute atomic E-state index is 12.2. The number of halogens is 1. The Morgan fingerprint density at radius 2 is 2.17 bits per heavy atom. The van der Waals surface area contributed by atoms with Crippen LogP contribution in [0.2, 0.25) is 5.02 Å². The molecule has 5 nitrogen and oxygen atoms in total. The number of carbonyl (C=O) groups excluding carboxylic acids is 1. The summed E-state index contributed by atoms with van der Waals surface area (Å²) in [5.41, 5.74) is 1.75. The van der Waals surface area contributed by atoms with Gasteiger partial charge in [-0.05, 0) is 31.4 Å². The van der Waals surface area contributed by atoms with E-state index >= 15 is 0 Å². The lowest BCUT2D eigenvalue weighted by atomic mass is 10.1. The fraction of sp³-hybridized carbons (Fsp3) is 0.500. The van der Waals surface area contributed by atoms with Crippen LogP contribution in [0, 0.1) is 0 Å². The number of thioether (sulfide) groups is 1. The first kappa shape index (κ1) is 16.5. The second-order valence-electron chi connectivity index (χ2n) is 5.63. The Morgan fingerprint density at radius 1 is 1.35 bits per heavy atom. The zero-order chi connectivity index (χ0) is 16.1. The van der Waals surface area contributed by atoms with Gasteiger partial charge in [-0.2, -0.15) is 0 Å². The fourth-order valence-corrected chi connectivity index (χ4v) is 3.87. The van der Waals surface area contributed by atoms with Crippen LogP contribution in [0.15, 0.2) is 23.2 Å². The predicted octanol–water partition coefficient (Wildman–Crippen LogP) is 2.96. The molecule has 124 valence electrons. The van der Waals surface area contributed by atoms with Crippen molar-refractivity contribution in [3.63, 3.8) is 0 Å². The van der Waals surface area contributed by atoms with Gasteiger partial charge in [0.1, 0.15) is 0 Å². The minimum absolute atomic E-state index is 0.0353. The molecule has 23 heavy (non-hydrogen) atoms. The summed E-state index contributed by atoms with van der Waals surface area (Å²) in [4.78, 5) is 18.8. The number of rotatable bonds is 4. The van der Waals surface area contributed by atoms with E-state index in [0.29, 0.717) is 10.8 Å². The van der Waals surface area contributed by atoms with Gasteiger partial charge in [0.05, 0.1) is 28.7 Å². The average molecular weight is 353 g/mol. The molecular formula is C16H21ClN4OS. The van der Waals surface area contributed by atoms with Crippen LogP contribution in [-0.2, 0) is 4.79 Å². The van der Waals surface area contributed by atoms with Gasteiger partial charge >= 0.3 is 0 Å². The molecule has 1 aromatic rings. The molecule has 1 saturated heterocycles. The summed E-state index contributed by atoms with van der Waals surface area (Å²) in [7, 11) is 0. The maximum Gasteiger partial charge on any atom is 0.234 e. The SMILES string of the molecule is O=C(CSC1=NCCN1)Nc1cccc(Cl)c1N1CCCCC1. The number of benzene rings is 1. The summed E-state index contributed by atoms with van der Waals surface area (Å²) in [6.07, 6.45) is 3.59. The Morgan fingerprint density at radius 3 is 2.91 bits per heavy atom. The Hall–Kier alpha value is -1.40. The maximum atomic E-state index is 12.2. The van der Waals surface area contributed by atoms with Crippen LogP contribution in [-0.4, -0.2) is 43.0 Å². The second kappa shape index (κ2) is 7.93. The highest BCUT2D eigenvalue weighted by atomic mass is 35.5. The van der Waals surface area contributed by atoms with Crippen LogP contribution in [0.4, 0.5) is 11.4 Å². The van der Waals surface area contributed by atoms with Gasteiger partial charge in [-0.15, -0.1) is 0 Å². The number of piperidine rings is 1. The number of nitrogens with zero attached hydrogens (tertiary/aromatic N) is 2. The fourth-order valence-electron chi connectivity index (χ4n) is 2.85. The molecule has 2 aliphatic heterocycles. The molecule has 0 atom stereocenters. The lowest BCUT2D eigenvalue weighted by molar-refractivity contribution is -0.113. The van der Waals surface area contributed by atoms with Crippen LogP contribution < -0.4 is 15.5 Å². The summed E-state index contributed by atoms with van der Waals surface area (Å²) >= 11 is 7.84. The molecule has 2 aliphatic rings. The van der Waals surface area contributed by atoms with Crippen LogP contribution in [0.25, 0.3) is 0 Å². The third-order valence-corrected chi connectivity index (χ3v) is 5.17. The largest absolute Gasteiger partial charge is 0.369 e. The standard InChI is InChI=1S/C16H21ClN4OS/c17-12-5-4-6-13(15(12)21-9-2-1-3-10-21)20-14(22)11-23-16-18-7-8-19-16/h4-6H,1-3,7-11H2,(H,18,19)(H,20,22). The first-order valence-electron chi connectivity index (χ1n) is 7.98. The minimum Gasteiger partial charge on any atom is -0.369 e. The van der Waals surface area contributed by atoms with Crippen molar-refractivity contribution in [1.29, 1.82) is 0 Å². The molecule has 1 fully saturated rings. The highest BCUT2D eigenvalue weighted by Gasteiger charge is 2.19. The lowest BCUT2D eigenvalue weighted by Crippen LogP contribution is -2.31. The van der Waals surface area contributed by atoms with Crippen molar-refractivity contribution in [1.82, 2.24) is 5.32 Å². The molecule has 0 spiro atoms. The van der Waals surface area contributed by atoms with Crippen molar-refractivity contribution in [3.8, 4) is 0 Å². The van der Waals surface area contributed by atoms with Crippen LogP contribution in [0.3, 0.4) is 0 Å². The number of aliphatic imine (C=N–C) groups is 1. The van der Waals surface area contributed by atoms with Crippen molar-refractivity contribution in [3.05, 3.63) is 23.2 Å². The Kier molecular flexibility index (Phi) is 5.67. The Bertz CT molecular complexity index is 602. The topological polar surface area (TPSA) is 56.7 Å². The lowest BCUT2D eigenvalue weighted by Gasteiger charge is -2.31. The molecule has 1 aromatic carbocycles. The molecular weight excluding hydrogens is 332 g/mol. The van der Waals surface area contributed by atoms with Crippen molar-refractivity contribution in [2.45, 2.75) is 19.3 Å². The summed E-state index contributed by atoms with van der Waals surface area (Å²) in [5, 5.41) is 7.70. The highest BCUT2D eigenvalue weighted by molar-refractivity contribution is 8.14. The van der Waals surface area contributed by atoms with E-state index < -0.39 is 0 Å². The first-order chi connectivity index (χ1) is 11.2. The number of anilines is 2. The van der Waals surface area contributed by atoms with Gasteiger partial charge in [0, 0.05) is 19.6 Å². The van der Waals surface area contributed by atoms with Crippen molar-refractivity contribution < 1.29 is 4.79 Å². The number of nitrogens with one attached hydrogen (secondary N) is 2. The normalized spacial score (nSPS) is 17.6. The molecule has 1 amide bonds. The predicted molar refractivity (Wildman–Crippen MR) is 98.9 cm³/mol. The third-order valence-electron chi connectivity index (χ3n) is 3.92. The molecule has 0 unspecified atom stereocenters. The van der Waals surface area contributed by atoms with Crippen molar-refractivity contribution >= 4 is 45.8 Å². The summed E-state index contributed by atoms with van der Waals surface area (Å²) in [5.74, 6) is 0.310. The third kappa shape index (κ3) is 4.32. The smallest absolute Gasteiger partial charge is 0.234 e. The molecule has 3 rings (SSSR count). The van der Waals surface area contributed by atoms with Crippen LogP contribution >= 0.6 is 23.4 Å². The van der Waals surface area contributed by atoms with Gasteiger partial charge in [0.15, 0.2) is 5.17 Å². The van der Waals surface area contributed by atoms with E-state index in [1.165, 1.54) is 31.0 Å². The molecule has 0 aliphatic carbocycles. The van der Waals surface area contributed by atoms with E-state index in [9.17, 15) is 4.79 Å². The van der Waals surface area contributed by atoms with Gasteiger partial charge in [-0.3, -0.25) is 9.79 Å². The van der Waals surface area contributed by atoms with Gasteiger partial charge in [-0.25, -0.2) is 0 Å². The van der Waals surface area contributed by atoms with Crippen LogP contribution in [0.1, 0.15) is 19.3 Å². The van der Waals surface area contributed by atoms with Gasteiger partial charge in [0.25, 0.3) is 0 Å². The Balaban J connectivity index is 1.66. The molecule has 0 bridgehead atoms. The number of hydrogen-bond donors (Lipinski definition) is 2. The quantitative estimate of drug-likeness (QED) is 0.874. The van der Waals surface area contributed by atoms with Gasteiger partial charge in [0.2, 0.25) is 5.91 Å². The van der Waals surface area contributed by atoms with Crippen molar-refractivity contribution in [2.24, 2.45) is 4.99 Å². The van der Waals surface area contributed by atoms with E-state index in [1.54, 1.807) is 0 Å². The number of hydrogen-bond acceptors (Lipinski definition) is 5.